The Kier molecular flexibility index (Phi) is 11.2. The second-order valence-electron chi connectivity index (χ2n) is 9.06. The largest absolute Gasteiger partial charge is 0.494 e. The Morgan fingerprint density at radius 2 is 1.44 bits per heavy atom. The molecule has 0 saturated carbocycles. The van der Waals surface area contributed by atoms with E-state index < -0.39 is 0 Å². The number of nitrogens with two attached hydrogens (primary N) is 1. The van der Waals surface area contributed by atoms with Crippen LogP contribution in [-0.2, 0) is 4.79 Å². The van der Waals surface area contributed by atoms with E-state index >= 15 is 0 Å². The second kappa shape index (κ2) is 14.1. The van der Waals surface area contributed by atoms with Crippen LogP contribution in [0.25, 0.3) is 0 Å². The molecule has 0 bridgehead atoms. The van der Waals surface area contributed by atoms with Crippen molar-refractivity contribution in [3.63, 3.8) is 0 Å². The Labute approximate surface area is 214 Å². The molecule has 8 heteroatoms. The van der Waals surface area contributed by atoms with Gasteiger partial charge in [0.2, 0.25) is 5.91 Å². The zero-order valence-electron chi connectivity index (χ0n) is 22.2. The topological polar surface area (TPSA) is 103 Å². The summed E-state index contributed by atoms with van der Waals surface area (Å²) < 4.78 is 17.2. The number of rotatable bonds is 13. The summed E-state index contributed by atoms with van der Waals surface area (Å²) in [5, 5.41) is 0. The number of carbonyl (C=O) groups excluding carboxylic acids is 2. The summed E-state index contributed by atoms with van der Waals surface area (Å²) >= 11 is 0. The fourth-order valence-electron chi connectivity index (χ4n) is 3.84. The average molecular weight is 498 g/mol. The normalized spacial score (nSPS) is 11.5. The van der Waals surface area contributed by atoms with E-state index in [1.165, 1.54) is 6.92 Å². The Hall–Kier alpha value is -3.55. The highest BCUT2D eigenvalue weighted by atomic mass is 16.5. The maximum absolute atomic E-state index is 12.9. The summed E-state index contributed by atoms with van der Waals surface area (Å²) in [6, 6.07) is 12.7. The SMILES string of the molecule is COc1cc(C(=O)N(C(C)C)C(C)C)ccc1OCCCCCOc1ccc(/C(N)=N/C(C)=O)cc1. The van der Waals surface area contributed by atoms with Crippen molar-refractivity contribution in [3.05, 3.63) is 53.6 Å². The molecular weight excluding hydrogens is 458 g/mol. The molecule has 0 aromatic heterocycles. The first-order valence-corrected chi connectivity index (χ1v) is 12.4. The van der Waals surface area contributed by atoms with Crippen molar-refractivity contribution in [2.45, 2.75) is 66.0 Å². The number of hydrogen-bond donors (Lipinski definition) is 1. The molecule has 8 nitrogen and oxygen atoms in total. The lowest BCUT2D eigenvalue weighted by Gasteiger charge is -2.31. The van der Waals surface area contributed by atoms with Crippen LogP contribution in [0.2, 0.25) is 0 Å². The third-order valence-corrected chi connectivity index (χ3v) is 5.50. The highest BCUT2D eigenvalue weighted by Gasteiger charge is 2.22. The summed E-state index contributed by atoms with van der Waals surface area (Å²) in [5.41, 5.74) is 7.04. The van der Waals surface area contributed by atoms with Crippen molar-refractivity contribution >= 4 is 17.6 Å². The van der Waals surface area contributed by atoms with Crippen LogP contribution in [0.4, 0.5) is 0 Å². The number of benzene rings is 2. The highest BCUT2D eigenvalue weighted by Crippen LogP contribution is 2.29. The number of nitrogens with zero attached hydrogens (tertiary/aromatic N) is 2. The molecular formula is C28H39N3O5. The summed E-state index contributed by atoms with van der Waals surface area (Å²) in [6.07, 6.45) is 2.68. The number of unbranched alkanes of at least 4 members (excludes halogenated alkanes) is 2. The number of carbonyl (C=O) groups is 2. The molecule has 0 aliphatic carbocycles. The number of ether oxygens (including phenoxy) is 3. The molecule has 0 saturated heterocycles. The molecule has 0 aliphatic heterocycles. The van der Waals surface area contributed by atoms with Crippen LogP contribution >= 0.6 is 0 Å². The van der Waals surface area contributed by atoms with Gasteiger partial charge < -0.3 is 24.8 Å². The minimum Gasteiger partial charge on any atom is -0.494 e. The van der Waals surface area contributed by atoms with Crippen molar-refractivity contribution in [2.75, 3.05) is 20.3 Å². The van der Waals surface area contributed by atoms with E-state index in [-0.39, 0.29) is 29.7 Å². The zero-order valence-corrected chi connectivity index (χ0v) is 22.2. The Bertz CT molecular complexity index is 1020. The fourth-order valence-corrected chi connectivity index (χ4v) is 3.84. The smallest absolute Gasteiger partial charge is 0.254 e. The minimum atomic E-state index is -0.331. The molecule has 2 N–H and O–H groups in total. The molecule has 0 spiro atoms. The lowest BCUT2D eigenvalue weighted by molar-refractivity contribution is -0.115. The van der Waals surface area contributed by atoms with Gasteiger partial charge in [0, 0.05) is 30.1 Å². The van der Waals surface area contributed by atoms with E-state index in [4.69, 9.17) is 19.9 Å². The quantitative estimate of drug-likeness (QED) is 0.241. The van der Waals surface area contributed by atoms with E-state index in [1.807, 2.05) is 44.7 Å². The molecule has 2 aromatic rings. The third kappa shape index (κ3) is 8.59. The molecule has 36 heavy (non-hydrogen) atoms. The van der Waals surface area contributed by atoms with Gasteiger partial charge in [0.1, 0.15) is 11.6 Å². The van der Waals surface area contributed by atoms with Crippen molar-refractivity contribution in [2.24, 2.45) is 10.7 Å². The van der Waals surface area contributed by atoms with E-state index in [0.29, 0.717) is 35.8 Å². The molecule has 2 amide bonds. The first-order valence-electron chi connectivity index (χ1n) is 12.4. The molecule has 0 radical (unpaired) electrons. The molecule has 0 heterocycles. The molecule has 2 rings (SSSR count). The first kappa shape index (κ1) is 28.7. The number of methoxy groups -OCH3 is 1. The fraction of sp³-hybridized carbons (Fsp3) is 0.464. The summed E-state index contributed by atoms with van der Waals surface area (Å²) in [5.74, 6) is 1.75. The van der Waals surface area contributed by atoms with Gasteiger partial charge in [-0.1, -0.05) is 0 Å². The van der Waals surface area contributed by atoms with Crippen LogP contribution in [0, 0.1) is 0 Å². The van der Waals surface area contributed by atoms with E-state index in [2.05, 4.69) is 4.99 Å². The lowest BCUT2D eigenvalue weighted by Crippen LogP contribution is -2.42. The minimum absolute atomic E-state index is 0.0212. The van der Waals surface area contributed by atoms with E-state index in [1.54, 1.807) is 37.4 Å². The number of hydrogen-bond acceptors (Lipinski definition) is 5. The summed E-state index contributed by atoms with van der Waals surface area (Å²) in [7, 11) is 1.58. The van der Waals surface area contributed by atoms with Gasteiger partial charge in [-0.05, 0) is 89.4 Å². The van der Waals surface area contributed by atoms with Crippen LogP contribution in [0.5, 0.6) is 17.2 Å². The second-order valence-corrected chi connectivity index (χ2v) is 9.06. The van der Waals surface area contributed by atoms with Crippen molar-refractivity contribution < 1.29 is 23.8 Å². The molecule has 0 atom stereocenters. The van der Waals surface area contributed by atoms with Crippen molar-refractivity contribution in [1.82, 2.24) is 4.90 Å². The molecule has 2 aromatic carbocycles. The predicted octanol–water partition coefficient (Wildman–Crippen LogP) is 4.83. The molecule has 0 unspecified atom stereocenters. The maximum Gasteiger partial charge on any atom is 0.254 e. The van der Waals surface area contributed by atoms with Gasteiger partial charge in [0.25, 0.3) is 5.91 Å². The standard InChI is InChI=1S/C28H39N3O5/c1-19(2)31(20(3)4)28(33)23-12-15-25(26(18-23)34-6)36-17-9-7-8-16-35-24-13-10-22(11-14-24)27(29)30-21(5)32/h10-15,18-20H,7-9,16-17H2,1-6H3,(H2,29,30,32). The van der Waals surface area contributed by atoms with Gasteiger partial charge >= 0.3 is 0 Å². The van der Waals surface area contributed by atoms with Crippen LogP contribution in [0.3, 0.4) is 0 Å². The van der Waals surface area contributed by atoms with Gasteiger partial charge in [-0.3, -0.25) is 9.59 Å². The maximum atomic E-state index is 12.9. The van der Waals surface area contributed by atoms with E-state index in [0.717, 1.165) is 25.0 Å². The van der Waals surface area contributed by atoms with Crippen LogP contribution in [0.15, 0.2) is 47.5 Å². The Morgan fingerprint density at radius 1 is 0.861 bits per heavy atom. The van der Waals surface area contributed by atoms with Crippen LogP contribution < -0.4 is 19.9 Å². The van der Waals surface area contributed by atoms with Crippen LogP contribution in [-0.4, -0.2) is 55.0 Å². The zero-order chi connectivity index (χ0) is 26.7. The van der Waals surface area contributed by atoms with Gasteiger partial charge in [-0.25, -0.2) is 0 Å². The average Bonchev–Trinajstić information content (AvgIpc) is 2.82. The van der Waals surface area contributed by atoms with Gasteiger partial charge in [0.05, 0.1) is 20.3 Å². The van der Waals surface area contributed by atoms with E-state index in [9.17, 15) is 9.59 Å². The van der Waals surface area contributed by atoms with Crippen LogP contribution in [0.1, 0.15) is 69.8 Å². The number of amides is 2. The number of aliphatic imine (C=N–C) groups is 1. The van der Waals surface area contributed by atoms with Gasteiger partial charge in [-0.15, -0.1) is 0 Å². The Balaban J connectivity index is 1.77. The molecule has 0 fully saturated rings. The number of amidine groups is 1. The monoisotopic (exact) mass is 497 g/mol. The summed E-state index contributed by atoms with van der Waals surface area (Å²) in [6.45, 7) is 10.5. The molecule has 0 aliphatic rings. The van der Waals surface area contributed by atoms with Crippen molar-refractivity contribution in [1.29, 1.82) is 0 Å². The van der Waals surface area contributed by atoms with Gasteiger partial charge in [0.15, 0.2) is 11.5 Å². The lowest BCUT2D eigenvalue weighted by atomic mass is 10.1. The Morgan fingerprint density at radius 3 is 2.00 bits per heavy atom. The van der Waals surface area contributed by atoms with Gasteiger partial charge in [-0.2, -0.15) is 4.99 Å². The molecule has 196 valence electrons. The highest BCUT2D eigenvalue weighted by molar-refractivity contribution is 6.03. The third-order valence-electron chi connectivity index (χ3n) is 5.50. The first-order chi connectivity index (χ1) is 17.1. The van der Waals surface area contributed by atoms with Crippen molar-refractivity contribution in [3.8, 4) is 17.2 Å². The summed E-state index contributed by atoms with van der Waals surface area (Å²) in [4.78, 5) is 29.6. The predicted molar refractivity (Wildman–Crippen MR) is 142 cm³/mol.